The Bertz CT molecular complexity index is 431. The zero-order valence-electron chi connectivity index (χ0n) is 18.3. The van der Waals surface area contributed by atoms with Gasteiger partial charge in [-0.15, -0.1) is 0 Å². The highest BCUT2D eigenvalue weighted by atomic mass is 16.7. The third kappa shape index (κ3) is 14.5. The molecular weight excluding hydrogens is 378 g/mol. The van der Waals surface area contributed by atoms with Crippen molar-refractivity contribution < 1.29 is 34.4 Å². The molecule has 0 aromatic heterocycles. The van der Waals surface area contributed by atoms with E-state index in [0.29, 0.717) is 31.7 Å². The van der Waals surface area contributed by atoms with E-state index in [4.69, 9.17) is 9.47 Å². The van der Waals surface area contributed by atoms with Crippen LogP contribution < -0.4 is 5.32 Å². The molecule has 8 heteroatoms. The first-order chi connectivity index (χ1) is 13.8. The Hall–Kier alpha value is -1.06. The summed E-state index contributed by atoms with van der Waals surface area (Å²) >= 11 is 0. The standard InChI is InChI=1S/C21H41NO7/c1-4-5-6-8-11-18(27)12-9-7-10-13-28-21(19(14-23)22-17(3)26)29-20(15-24)16(2)25/h16,19-21,23-25H,4-15H2,1-3H3,(H,22,26)/t16-,19+,20?,21?/m1/s1. The molecule has 8 nitrogen and oxygen atoms in total. The van der Waals surface area contributed by atoms with E-state index in [2.05, 4.69) is 12.2 Å². The van der Waals surface area contributed by atoms with Gasteiger partial charge < -0.3 is 30.1 Å². The van der Waals surface area contributed by atoms with Crippen LogP contribution in [0.4, 0.5) is 0 Å². The lowest BCUT2D eigenvalue weighted by Crippen LogP contribution is -2.50. The van der Waals surface area contributed by atoms with E-state index in [1.54, 1.807) is 0 Å². The summed E-state index contributed by atoms with van der Waals surface area (Å²) in [5, 5.41) is 31.1. The lowest BCUT2D eigenvalue weighted by atomic mass is 10.1. The Morgan fingerprint density at radius 3 is 2.07 bits per heavy atom. The van der Waals surface area contributed by atoms with Crippen molar-refractivity contribution in [2.45, 2.75) is 103 Å². The third-order valence-corrected chi connectivity index (χ3v) is 4.63. The van der Waals surface area contributed by atoms with Gasteiger partial charge in [0.1, 0.15) is 17.9 Å². The summed E-state index contributed by atoms with van der Waals surface area (Å²) in [6, 6.07) is -0.815. The SMILES string of the molecule is CCCCCCC(=O)CCCCCOC(OC(CO)[C@@H](C)O)[C@H](CO)NC(C)=O. The number of ketones is 1. The van der Waals surface area contributed by atoms with Crippen LogP contribution in [0.25, 0.3) is 0 Å². The van der Waals surface area contributed by atoms with Gasteiger partial charge in [0.25, 0.3) is 0 Å². The van der Waals surface area contributed by atoms with Crippen LogP contribution in [0.5, 0.6) is 0 Å². The van der Waals surface area contributed by atoms with Crippen molar-refractivity contribution in [3.8, 4) is 0 Å². The van der Waals surface area contributed by atoms with Gasteiger partial charge in [0.15, 0.2) is 6.29 Å². The first-order valence-electron chi connectivity index (χ1n) is 10.8. The summed E-state index contributed by atoms with van der Waals surface area (Å²) in [6.07, 6.45) is 5.11. The Morgan fingerprint density at radius 2 is 1.59 bits per heavy atom. The van der Waals surface area contributed by atoms with Crippen molar-refractivity contribution >= 4 is 11.7 Å². The first-order valence-corrected chi connectivity index (χ1v) is 10.8. The maximum Gasteiger partial charge on any atom is 0.217 e. The maximum absolute atomic E-state index is 11.8. The minimum Gasteiger partial charge on any atom is -0.394 e. The van der Waals surface area contributed by atoms with E-state index in [0.717, 1.165) is 32.1 Å². The van der Waals surface area contributed by atoms with Crippen molar-refractivity contribution in [1.82, 2.24) is 5.32 Å². The number of ether oxygens (including phenoxy) is 2. The Morgan fingerprint density at radius 1 is 0.966 bits per heavy atom. The van der Waals surface area contributed by atoms with Gasteiger partial charge >= 0.3 is 0 Å². The van der Waals surface area contributed by atoms with E-state index < -0.39 is 37.8 Å². The molecular formula is C21H41NO7. The van der Waals surface area contributed by atoms with Crippen LogP contribution in [0.1, 0.15) is 78.6 Å². The van der Waals surface area contributed by atoms with Gasteiger partial charge in [0.2, 0.25) is 5.91 Å². The first kappa shape index (κ1) is 27.9. The summed E-state index contributed by atoms with van der Waals surface area (Å²) in [4.78, 5) is 23.2. The molecule has 0 aliphatic rings. The quantitative estimate of drug-likeness (QED) is 0.185. The topological polar surface area (TPSA) is 125 Å². The zero-order chi connectivity index (χ0) is 22.1. The van der Waals surface area contributed by atoms with Crippen molar-refractivity contribution in [2.24, 2.45) is 0 Å². The van der Waals surface area contributed by atoms with Gasteiger partial charge in [0.05, 0.1) is 19.3 Å². The van der Waals surface area contributed by atoms with E-state index in [-0.39, 0.29) is 5.91 Å². The number of unbranched alkanes of at least 4 members (excludes halogenated alkanes) is 5. The fourth-order valence-electron chi connectivity index (χ4n) is 2.87. The number of nitrogens with one attached hydrogen (secondary N) is 1. The number of amides is 1. The van der Waals surface area contributed by atoms with Gasteiger partial charge in [0, 0.05) is 26.4 Å². The van der Waals surface area contributed by atoms with Gasteiger partial charge in [-0.25, -0.2) is 0 Å². The van der Waals surface area contributed by atoms with E-state index in [1.165, 1.54) is 20.3 Å². The number of Topliss-reactive ketones (excluding diaryl/α,β-unsaturated/α-hetero) is 1. The number of carbonyl (C=O) groups is 2. The number of hydrogen-bond acceptors (Lipinski definition) is 7. The monoisotopic (exact) mass is 419 g/mol. The molecule has 29 heavy (non-hydrogen) atoms. The largest absolute Gasteiger partial charge is 0.394 e. The van der Waals surface area contributed by atoms with Crippen LogP contribution in [0.3, 0.4) is 0 Å². The summed E-state index contributed by atoms with van der Waals surface area (Å²) < 4.78 is 11.2. The molecule has 0 aliphatic carbocycles. The van der Waals surface area contributed by atoms with E-state index in [9.17, 15) is 24.9 Å². The molecule has 1 amide bonds. The number of rotatable bonds is 19. The van der Waals surface area contributed by atoms with Crippen molar-refractivity contribution in [1.29, 1.82) is 0 Å². The van der Waals surface area contributed by atoms with Gasteiger partial charge in [-0.05, 0) is 26.2 Å². The molecule has 2 unspecified atom stereocenters. The molecule has 0 aliphatic heterocycles. The average Bonchev–Trinajstić information content (AvgIpc) is 2.68. The molecule has 0 saturated heterocycles. The molecule has 0 saturated carbocycles. The fourth-order valence-corrected chi connectivity index (χ4v) is 2.87. The normalized spacial score (nSPS) is 15.5. The maximum atomic E-state index is 11.8. The molecule has 4 N–H and O–H groups in total. The molecule has 0 rings (SSSR count). The van der Waals surface area contributed by atoms with Gasteiger partial charge in [-0.1, -0.05) is 32.6 Å². The molecule has 0 radical (unpaired) electrons. The average molecular weight is 420 g/mol. The van der Waals surface area contributed by atoms with Crippen LogP contribution in [-0.2, 0) is 19.1 Å². The molecule has 172 valence electrons. The van der Waals surface area contributed by atoms with Gasteiger partial charge in [-0.2, -0.15) is 0 Å². The number of carbonyl (C=O) groups excluding carboxylic acids is 2. The summed E-state index contributed by atoms with van der Waals surface area (Å²) in [5.74, 6) is -0.0479. The predicted octanol–water partition coefficient (Wildman–Crippen LogP) is 1.68. The highest BCUT2D eigenvalue weighted by molar-refractivity contribution is 5.78. The van der Waals surface area contributed by atoms with Crippen LogP contribution in [0.2, 0.25) is 0 Å². The van der Waals surface area contributed by atoms with Crippen molar-refractivity contribution in [3.63, 3.8) is 0 Å². The molecule has 0 spiro atoms. The second-order valence-corrected chi connectivity index (χ2v) is 7.49. The lowest BCUT2D eigenvalue weighted by molar-refractivity contribution is -0.214. The molecule has 0 aromatic rings. The highest BCUT2D eigenvalue weighted by Gasteiger charge is 2.28. The third-order valence-electron chi connectivity index (χ3n) is 4.63. The molecule has 0 aromatic carbocycles. The summed E-state index contributed by atoms with van der Waals surface area (Å²) in [6.45, 7) is 4.42. The van der Waals surface area contributed by atoms with Gasteiger partial charge in [-0.3, -0.25) is 9.59 Å². The minimum absolute atomic E-state index is 0.303. The second kappa shape index (κ2) is 17.8. The summed E-state index contributed by atoms with van der Waals surface area (Å²) in [5.41, 5.74) is 0. The summed E-state index contributed by atoms with van der Waals surface area (Å²) in [7, 11) is 0. The van der Waals surface area contributed by atoms with E-state index >= 15 is 0 Å². The van der Waals surface area contributed by atoms with Crippen LogP contribution >= 0.6 is 0 Å². The minimum atomic E-state index is -1.00. The molecule has 0 fully saturated rings. The van der Waals surface area contributed by atoms with E-state index in [1.807, 2.05) is 0 Å². The Labute approximate surface area is 175 Å². The highest BCUT2D eigenvalue weighted by Crippen LogP contribution is 2.12. The smallest absolute Gasteiger partial charge is 0.217 e. The second-order valence-electron chi connectivity index (χ2n) is 7.49. The number of hydrogen-bond donors (Lipinski definition) is 4. The van der Waals surface area contributed by atoms with Crippen molar-refractivity contribution in [2.75, 3.05) is 19.8 Å². The lowest BCUT2D eigenvalue weighted by Gasteiger charge is -2.30. The Kier molecular flexibility index (Phi) is 17.1. The van der Waals surface area contributed by atoms with Crippen LogP contribution in [0, 0.1) is 0 Å². The predicted molar refractivity (Wildman–Crippen MR) is 110 cm³/mol. The number of aliphatic hydroxyl groups excluding tert-OH is 3. The molecule has 0 bridgehead atoms. The molecule has 4 atom stereocenters. The zero-order valence-corrected chi connectivity index (χ0v) is 18.3. The van der Waals surface area contributed by atoms with Crippen LogP contribution in [0.15, 0.2) is 0 Å². The van der Waals surface area contributed by atoms with Crippen molar-refractivity contribution in [3.05, 3.63) is 0 Å². The fraction of sp³-hybridized carbons (Fsp3) is 0.905. The Balaban J connectivity index is 4.30. The number of aliphatic hydroxyl groups is 3. The molecule has 0 heterocycles. The van der Waals surface area contributed by atoms with Crippen LogP contribution in [-0.4, -0.2) is 71.4 Å².